The molecule has 0 bridgehead atoms. The van der Waals surface area contributed by atoms with Crippen LogP contribution in [0.15, 0.2) is 18.2 Å². The average Bonchev–Trinajstić information content (AvgIpc) is 2.53. The summed E-state index contributed by atoms with van der Waals surface area (Å²) >= 11 is 6.13. The monoisotopic (exact) mass is 341 g/mol. The minimum atomic E-state index is -0.114. The third-order valence-corrected chi connectivity index (χ3v) is 3.59. The lowest BCUT2D eigenvalue weighted by atomic mass is 10.2. The van der Waals surface area contributed by atoms with Crippen LogP contribution in [0, 0.1) is 0 Å². The third kappa shape index (κ3) is 6.46. The number of carbonyl (C=O) groups excluding carboxylic acids is 2. The Hall–Kier alpha value is -1.79. The molecule has 3 N–H and O–H groups in total. The molecule has 0 aliphatic carbocycles. The van der Waals surface area contributed by atoms with E-state index >= 15 is 0 Å². The topological polar surface area (TPSA) is 84.7 Å². The van der Waals surface area contributed by atoms with Crippen molar-refractivity contribution in [2.45, 2.75) is 26.7 Å². The number of ether oxygens (including phenoxy) is 1. The smallest absolute Gasteiger partial charge is 0.260 e. The summed E-state index contributed by atoms with van der Waals surface area (Å²) in [5.74, 6) is 0.203. The molecule has 0 saturated heterocycles. The van der Waals surface area contributed by atoms with E-state index in [1.165, 1.54) is 0 Å². The average molecular weight is 342 g/mol. The first-order valence-corrected chi connectivity index (χ1v) is 8.09. The number of nitrogens with zero attached hydrogens (tertiary/aromatic N) is 1. The molecule has 1 rings (SSSR count). The van der Waals surface area contributed by atoms with Crippen LogP contribution < -0.4 is 15.8 Å². The molecule has 1 aromatic carbocycles. The summed E-state index contributed by atoms with van der Waals surface area (Å²) in [4.78, 5) is 25.2. The quantitative estimate of drug-likeness (QED) is 0.721. The van der Waals surface area contributed by atoms with Crippen molar-refractivity contribution in [3.63, 3.8) is 0 Å². The van der Waals surface area contributed by atoms with Crippen molar-refractivity contribution in [2.75, 3.05) is 31.6 Å². The fraction of sp³-hybridized carbons (Fsp3) is 0.500. The van der Waals surface area contributed by atoms with Crippen LogP contribution in [-0.4, -0.2) is 43.0 Å². The molecule has 6 nitrogen and oxygen atoms in total. The Kier molecular flexibility index (Phi) is 8.43. The van der Waals surface area contributed by atoms with E-state index < -0.39 is 0 Å². The van der Waals surface area contributed by atoms with E-state index in [1.54, 1.807) is 23.1 Å². The Labute approximate surface area is 141 Å². The van der Waals surface area contributed by atoms with Crippen molar-refractivity contribution in [1.82, 2.24) is 4.90 Å². The largest absolute Gasteiger partial charge is 0.482 e. The Morgan fingerprint density at radius 2 is 2.00 bits per heavy atom. The van der Waals surface area contributed by atoms with Gasteiger partial charge in [0.15, 0.2) is 6.61 Å². The Balaban J connectivity index is 2.59. The van der Waals surface area contributed by atoms with E-state index in [1.807, 2.05) is 13.8 Å². The lowest BCUT2D eigenvalue weighted by molar-refractivity contribution is -0.133. The summed E-state index contributed by atoms with van der Waals surface area (Å²) in [5, 5.41) is 3.08. The molecule has 0 atom stereocenters. The molecule has 0 unspecified atom stereocenters. The number of carbonyl (C=O) groups is 2. The second kappa shape index (κ2) is 10.1. The number of nitrogens with one attached hydrogen (secondary N) is 1. The van der Waals surface area contributed by atoms with Crippen molar-refractivity contribution in [2.24, 2.45) is 5.73 Å². The second-order valence-corrected chi connectivity index (χ2v) is 5.35. The van der Waals surface area contributed by atoms with Crippen molar-refractivity contribution in [3.05, 3.63) is 23.2 Å². The highest BCUT2D eigenvalue weighted by molar-refractivity contribution is 6.32. The summed E-state index contributed by atoms with van der Waals surface area (Å²) in [6.07, 6.45) is 0.999. The van der Waals surface area contributed by atoms with E-state index in [0.29, 0.717) is 48.9 Å². The maximum Gasteiger partial charge on any atom is 0.260 e. The van der Waals surface area contributed by atoms with Gasteiger partial charge in [-0.3, -0.25) is 9.59 Å². The molecule has 1 aromatic rings. The zero-order chi connectivity index (χ0) is 17.2. The van der Waals surface area contributed by atoms with E-state index in [-0.39, 0.29) is 18.4 Å². The predicted octanol–water partition coefficient (Wildman–Crippen LogP) is 2.26. The summed E-state index contributed by atoms with van der Waals surface area (Å²) in [6.45, 7) is 5.51. The minimum absolute atomic E-state index is 0.0659. The van der Waals surface area contributed by atoms with Gasteiger partial charge in [-0.2, -0.15) is 0 Å². The molecule has 0 aliphatic rings. The Bertz CT molecular complexity index is 533. The summed E-state index contributed by atoms with van der Waals surface area (Å²) in [7, 11) is 0. The molecule has 0 fully saturated rings. The first-order valence-electron chi connectivity index (χ1n) is 7.71. The van der Waals surface area contributed by atoms with Crippen LogP contribution in [0.4, 0.5) is 5.69 Å². The van der Waals surface area contributed by atoms with E-state index in [0.717, 1.165) is 0 Å². The summed E-state index contributed by atoms with van der Waals surface area (Å²) in [5.41, 5.74) is 5.95. The number of rotatable bonds is 9. The Morgan fingerprint density at radius 1 is 1.30 bits per heavy atom. The molecule has 7 heteroatoms. The van der Waals surface area contributed by atoms with Crippen LogP contribution in [0.25, 0.3) is 0 Å². The van der Waals surface area contributed by atoms with Gasteiger partial charge in [-0.1, -0.05) is 11.6 Å². The van der Waals surface area contributed by atoms with E-state index in [9.17, 15) is 9.59 Å². The molecule has 0 saturated carbocycles. The van der Waals surface area contributed by atoms with Crippen LogP contribution in [0.5, 0.6) is 5.75 Å². The normalized spacial score (nSPS) is 10.3. The molecule has 0 heterocycles. The van der Waals surface area contributed by atoms with Crippen LogP contribution in [0.3, 0.4) is 0 Å². The van der Waals surface area contributed by atoms with Crippen molar-refractivity contribution in [3.8, 4) is 5.75 Å². The fourth-order valence-corrected chi connectivity index (χ4v) is 2.22. The van der Waals surface area contributed by atoms with Gasteiger partial charge in [-0.15, -0.1) is 0 Å². The van der Waals surface area contributed by atoms with Gasteiger partial charge in [0.25, 0.3) is 5.91 Å². The number of anilines is 1. The van der Waals surface area contributed by atoms with Gasteiger partial charge in [0.1, 0.15) is 5.75 Å². The molecule has 23 heavy (non-hydrogen) atoms. The van der Waals surface area contributed by atoms with Gasteiger partial charge in [0, 0.05) is 25.2 Å². The van der Waals surface area contributed by atoms with Crippen molar-refractivity contribution < 1.29 is 14.3 Å². The Morgan fingerprint density at radius 3 is 2.57 bits per heavy atom. The molecule has 2 amide bonds. The lowest BCUT2D eigenvalue weighted by Crippen LogP contribution is -2.34. The minimum Gasteiger partial charge on any atom is -0.482 e. The highest BCUT2D eigenvalue weighted by atomic mass is 35.5. The number of benzene rings is 1. The molecule has 128 valence electrons. The van der Waals surface area contributed by atoms with Gasteiger partial charge >= 0.3 is 0 Å². The highest BCUT2D eigenvalue weighted by Crippen LogP contribution is 2.27. The first kappa shape index (κ1) is 19.3. The number of hydrogen-bond acceptors (Lipinski definition) is 4. The van der Waals surface area contributed by atoms with Crippen molar-refractivity contribution in [1.29, 1.82) is 0 Å². The standard InChI is InChI=1S/C16H24ClN3O3/c1-3-20(4-2)16(22)11-23-14-8-7-12(10-13(14)17)19-15(21)6-5-9-18/h7-8,10H,3-6,9,11,18H2,1-2H3,(H,19,21). The summed E-state index contributed by atoms with van der Waals surface area (Å²) in [6, 6.07) is 4.92. The number of amides is 2. The maximum absolute atomic E-state index is 11.9. The predicted molar refractivity (Wildman–Crippen MR) is 91.8 cm³/mol. The second-order valence-electron chi connectivity index (χ2n) is 4.94. The molecule has 0 radical (unpaired) electrons. The highest BCUT2D eigenvalue weighted by Gasteiger charge is 2.12. The maximum atomic E-state index is 11.9. The lowest BCUT2D eigenvalue weighted by Gasteiger charge is -2.19. The molecular weight excluding hydrogens is 318 g/mol. The van der Waals surface area contributed by atoms with Crippen molar-refractivity contribution >= 4 is 29.1 Å². The van der Waals surface area contributed by atoms with Gasteiger partial charge < -0.3 is 20.7 Å². The van der Waals surface area contributed by atoms with Gasteiger partial charge in [-0.25, -0.2) is 0 Å². The van der Waals surface area contributed by atoms with Crippen LogP contribution >= 0.6 is 11.6 Å². The summed E-state index contributed by atoms with van der Waals surface area (Å²) < 4.78 is 5.46. The molecule has 0 spiro atoms. The van der Waals surface area contributed by atoms with Crippen LogP contribution in [0.1, 0.15) is 26.7 Å². The zero-order valence-electron chi connectivity index (χ0n) is 13.6. The molecule has 0 aliphatic heterocycles. The van der Waals surface area contributed by atoms with Gasteiger partial charge in [0.2, 0.25) is 5.91 Å². The van der Waals surface area contributed by atoms with Crippen LogP contribution in [-0.2, 0) is 9.59 Å². The fourth-order valence-electron chi connectivity index (χ4n) is 1.99. The number of halogens is 1. The number of likely N-dealkylation sites (N-methyl/N-ethyl adjacent to an activating group) is 1. The van der Waals surface area contributed by atoms with Gasteiger partial charge in [-0.05, 0) is 45.0 Å². The van der Waals surface area contributed by atoms with E-state index in [4.69, 9.17) is 22.1 Å². The molecular formula is C16H24ClN3O3. The number of hydrogen-bond donors (Lipinski definition) is 2. The molecule has 0 aromatic heterocycles. The van der Waals surface area contributed by atoms with Gasteiger partial charge in [0.05, 0.1) is 5.02 Å². The zero-order valence-corrected chi connectivity index (χ0v) is 14.4. The third-order valence-electron chi connectivity index (χ3n) is 3.29. The van der Waals surface area contributed by atoms with E-state index in [2.05, 4.69) is 5.32 Å². The van der Waals surface area contributed by atoms with Crippen LogP contribution in [0.2, 0.25) is 5.02 Å². The first-order chi connectivity index (χ1) is 11.0. The SMILES string of the molecule is CCN(CC)C(=O)COc1ccc(NC(=O)CCCN)cc1Cl. The number of nitrogens with two attached hydrogens (primary N) is 1.